The van der Waals surface area contributed by atoms with Crippen molar-refractivity contribution in [1.29, 1.82) is 0 Å². The highest BCUT2D eigenvalue weighted by Gasteiger charge is 2.20. The lowest BCUT2D eigenvalue weighted by atomic mass is 10.5. The maximum atomic E-state index is 10.9. The molecule has 1 heterocycles. The zero-order chi connectivity index (χ0) is 8.27. The normalized spacial score (nSPS) is 22.4. The molecule has 62 valence electrons. The van der Waals surface area contributed by atoms with Crippen LogP contribution in [0.1, 0.15) is 0 Å². The number of hydrogen-bond acceptors (Lipinski definition) is 5. The van der Waals surface area contributed by atoms with Crippen molar-refractivity contribution in [2.24, 2.45) is 0 Å². The Morgan fingerprint density at radius 3 is 2.91 bits per heavy atom. The van der Waals surface area contributed by atoms with Gasteiger partial charge in [0.05, 0.1) is 7.11 Å². The number of carbonyl (C=O) groups excluding carboxylic acids is 1. The largest absolute Gasteiger partial charge is 0.464 e. The number of ether oxygens (including phenoxy) is 2. The summed E-state index contributed by atoms with van der Waals surface area (Å²) in [6.07, 6.45) is 0. The van der Waals surface area contributed by atoms with Crippen molar-refractivity contribution < 1.29 is 14.3 Å². The first-order chi connectivity index (χ1) is 5.27. The van der Waals surface area contributed by atoms with Gasteiger partial charge in [-0.15, -0.1) is 0 Å². The van der Waals surface area contributed by atoms with Gasteiger partial charge in [-0.1, -0.05) is 11.8 Å². The molecule has 0 fully saturated rings. The summed E-state index contributed by atoms with van der Waals surface area (Å²) in [5, 5.41) is 4.50. The van der Waals surface area contributed by atoms with Gasteiger partial charge in [-0.2, -0.15) is 0 Å². The van der Waals surface area contributed by atoms with E-state index in [1.807, 2.05) is 0 Å². The van der Waals surface area contributed by atoms with Crippen LogP contribution in [-0.2, 0) is 14.3 Å². The Hall–Kier alpha value is -0.680. The van der Waals surface area contributed by atoms with Crippen LogP contribution >= 0.6 is 11.8 Å². The predicted molar refractivity (Wildman–Crippen MR) is 41.6 cm³/mol. The van der Waals surface area contributed by atoms with Crippen LogP contribution in [0.2, 0.25) is 0 Å². The second-order valence-corrected chi connectivity index (χ2v) is 2.81. The van der Waals surface area contributed by atoms with Crippen LogP contribution in [0.15, 0.2) is 11.1 Å². The second-order valence-electron chi connectivity index (χ2n) is 1.87. The highest BCUT2D eigenvalue weighted by molar-refractivity contribution is 8.02. The fourth-order valence-corrected chi connectivity index (χ4v) is 1.39. The number of esters is 1. The first-order valence-electron chi connectivity index (χ1n) is 3.01. The van der Waals surface area contributed by atoms with Gasteiger partial charge in [0.1, 0.15) is 5.70 Å². The Labute approximate surface area is 68.9 Å². The maximum Gasteiger partial charge on any atom is 0.354 e. The fourth-order valence-electron chi connectivity index (χ4n) is 0.656. The molecule has 0 aromatic heterocycles. The van der Waals surface area contributed by atoms with Gasteiger partial charge in [0.25, 0.3) is 0 Å². The number of nitrogens with one attached hydrogen (secondary N) is 1. The van der Waals surface area contributed by atoms with Crippen molar-refractivity contribution in [2.75, 3.05) is 14.2 Å². The van der Waals surface area contributed by atoms with Gasteiger partial charge in [0, 0.05) is 12.5 Å². The summed E-state index contributed by atoms with van der Waals surface area (Å²) in [4.78, 5) is 10.9. The summed E-state index contributed by atoms with van der Waals surface area (Å²) in [6.45, 7) is 0. The molecular weight excluding hydrogens is 166 g/mol. The maximum absolute atomic E-state index is 10.9. The lowest BCUT2D eigenvalue weighted by Gasteiger charge is -2.08. The van der Waals surface area contributed by atoms with Crippen LogP contribution in [0.25, 0.3) is 0 Å². The molecule has 1 rings (SSSR count). The molecule has 0 aliphatic carbocycles. The number of carbonyl (C=O) groups is 1. The Balaban J connectivity index is 2.45. The Bertz CT molecular complexity index is 192. The molecule has 5 heteroatoms. The molecule has 4 nitrogen and oxygen atoms in total. The van der Waals surface area contributed by atoms with Crippen molar-refractivity contribution in [3.63, 3.8) is 0 Å². The quantitative estimate of drug-likeness (QED) is 0.610. The number of rotatable bonds is 2. The number of thioether (sulfide) groups is 1. The van der Waals surface area contributed by atoms with Crippen molar-refractivity contribution in [2.45, 2.75) is 5.56 Å². The van der Waals surface area contributed by atoms with Crippen LogP contribution in [0.4, 0.5) is 0 Å². The lowest BCUT2D eigenvalue weighted by molar-refractivity contribution is -0.136. The molecule has 0 saturated carbocycles. The fraction of sp³-hybridized carbons (Fsp3) is 0.500. The van der Waals surface area contributed by atoms with Gasteiger partial charge in [-0.25, -0.2) is 4.79 Å². The standard InChI is InChI=1S/C6H9NO3S/c1-9-5(8)4-3-11-6(7-4)10-2/h3,6-7H,1-2H3. The van der Waals surface area contributed by atoms with E-state index in [1.54, 1.807) is 12.5 Å². The summed E-state index contributed by atoms with van der Waals surface area (Å²) >= 11 is 1.40. The highest BCUT2D eigenvalue weighted by Crippen LogP contribution is 2.21. The SMILES string of the molecule is COC(=O)C1=CSC(OC)N1. The molecule has 0 amide bonds. The second kappa shape index (κ2) is 3.64. The molecule has 11 heavy (non-hydrogen) atoms. The smallest absolute Gasteiger partial charge is 0.354 e. The van der Waals surface area contributed by atoms with Gasteiger partial charge >= 0.3 is 5.97 Å². The van der Waals surface area contributed by atoms with Crippen LogP contribution in [0.3, 0.4) is 0 Å². The minimum absolute atomic E-state index is 0.163. The molecule has 1 atom stereocenters. The average Bonchev–Trinajstić information content (AvgIpc) is 2.50. The molecule has 0 radical (unpaired) electrons. The third kappa shape index (κ3) is 1.87. The summed E-state index contributed by atoms with van der Waals surface area (Å²) < 4.78 is 9.42. The summed E-state index contributed by atoms with van der Waals surface area (Å²) in [5.74, 6) is -0.364. The molecule has 0 spiro atoms. The minimum atomic E-state index is -0.364. The predicted octanol–water partition coefficient (Wildman–Crippen LogP) is 0.267. The molecule has 0 bridgehead atoms. The number of hydrogen-bond donors (Lipinski definition) is 1. The molecule has 1 N–H and O–H groups in total. The van der Waals surface area contributed by atoms with E-state index in [-0.39, 0.29) is 11.5 Å². The zero-order valence-corrected chi connectivity index (χ0v) is 7.10. The van der Waals surface area contributed by atoms with Crippen LogP contribution in [0.5, 0.6) is 0 Å². The van der Waals surface area contributed by atoms with Gasteiger partial charge in [0.15, 0.2) is 5.56 Å². The van der Waals surface area contributed by atoms with E-state index in [2.05, 4.69) is 10.1 Å². The summed E-state index contributed by atoms with van der Waals surface area (Å²) in [7, 11) is 2.91. The minimum Gasteiger partial charge on any atom is -0.464 e. The van der Waals surface area contributed by atoms with Gasteiger partial charge in [-0.3, -0.25) is 0 Å². The van der Waals surface area contributed by atoms with E-state index in [9.17, 15) is 4.79 Å². The van der Waals surface area contributed by atoms with Gasteiger partial charge in [-0.05, 0) is 0 Å². The van der Waals surface area contributed by atoms with Crippen molar-refractivity contribution in [3.8, 4) is 0 Å². The first kappa shape index (κ1) is 8.42. The monoisotopic (exact) mass is 175 g/mol. The van der Waals surface area contributed by atoms with E-state index in [0.717, 1.165) is 0 Å². The van der Waals surface area contributed by atoms with Crippen molar-refractivity contribution in [3.05, 3.63) is 11.1 Å². The van der Waals surface area contributed by atoms with Crippen LogP contribution < -0.4 is 5.32 Å². The summed E-state index contributed by atoms with van der Waals surface area (Å²) in [5.41, 5.74) is 0.286. The number of methoxy groups -OCH3 is 2. The van der Waals surface area contributed by atoms with E-state index in [4.69, 9.17) is 4.74 Å². The Kier molecular flexibility index (Phi) is 2.78. The molecule has 0 aromatic rings. The van der Waals surface area contributed by atoms with E-state index >= 15 is 0 Å². The Morgan fingerprint density at radius 2 is 2.45 bits per heavy atom. The Morgan fingerprint density at radius 1 is 1.73 bits per heavy atom. The lowest BCUT2D eigenvalue weighted by Crippen LogP contribution is -2.26. The van der Waals surface area contributed by atoms with Gasteiger partial charge < -0.3 is 14.8 Å². The molecule has 0 aromatic carbocycles. The van der Waals surface area contributed by atoms with Crippen LogP contribution in [0, 0.1) is 0 Å². The summed E-state index contributed by atoms with van der Waals surface area (Å²) in [6, 6.07) is 0. The molecule has 0 saturated heterocycles. The zero-order valence-electron chi connectivity index (χ0n) is 6.29. The van der Waals surface area contributed by atoms with E-state index in [1.165, 1.54) is 18.9 Å². The molecule has 1 aliphatic heterocycles. The third-order valence-electron chi connectivity index (χ3n) is 1.20. The average molecular weight is 175 g/mol. The van der Waals surface area contributed by atoms with Crippen molar-refractivity contribution in [1.82, 2.24) is 5.32 Å². The molecular formula is C6H9NO3S. The highest BCUT2D eigenvalue weighted by atomic mass is 32.2. The van der Waals surface area contributed by atoms with E-state index in [0.29, 0.717) is 5.70 Å². The molecule has 1 aliphatic rings. The van der Waals surface area contributed by atoms with Crippen molar-refractivity contribution >= 4 is 17.7 Å². The van der Waals surface area contributed by atoms with Gasteiger partial charge in [0.2, 0.25) is 0 Å². The third-order valence-corrected chi connectivity index (χ3v) is 2.13. The topological polar surface area (TPSA) is 47.6 Å². The first-order valence-corrected chi connectivity index (χ1v) is 3.95. The van der Waals surface area contributed by atoms with Crippen LogP contribution in [-0.4, -0.2) is 25.7 Å². The van der Waals surface area contributed by atoms with E-state index < -0.39 is 0 Å². The molecule has 1 unspecified atom stereocenters.